The Hall–Kier alpha value is -0.120. The molecule has 0 aromatic heterocycles. The number of methoxy groups -OCH3 is 1. The molecule has 0 saturated heterocycles. The topological polar surface area (TPSA) is 41.5 Å². The van der Waals surface area contributed by atoms with Crippen molar-refractivity contribution in [2.45, 2.75) is 70.6 Å². The Bertz CT molecular complexity index is 232. The minimum Gasteiger partial charge on any atom is -0.389 e. The lowest BCUT2D eigenvalue weighted by Gasteiger charge is -2.38. The van der Waals surface area contributed by atoms with Gasteiger partial charge in [-0.05, 0) is 52.4 Å². The summed E-state index contributed by atoms with van der Waals surface area (Å²) in [5, 5.41) is 13.9. The summed E-state index contributed by atoms with van der Waals surface area (Å²) in [6, 6.07) is 0.232. The van der Waals surface area contributed by atoms with E-state index >= 15 is 0 Å². The van der Waals surface area contributed by atoms with Crippen LogP contribution < -0.4 is 5.32 Å². The van der Waals surface area contributed by atoms with E-state index in [4.69, 9.17) is 4.74 Å². The highest BCUT2D eigenvalue weighted by Gasteiger charge is 2.33. The molecule has 3 heteroatoms. The number of hydrogen-bond donors (Lipinski definition) is 2. The predicted molar refractivity (Wildman–Crippen MR) is 71.1 cm³/mol. The van der Waals surface area contributed by atoms with Crippen LogP contribution in [0.25, 0.3) is 0 Å². The summed E-state index contributed by atoms with van der Waals surface area (Å²) in [6.07, 6.45) is 4.11. The molecular weight excluding hydrogens is 214 g/mol. The van der Waals surface area contributed by atoms with Crippen LogP contribution in [0.1, 0.15) is 53.4 Å². The lowest BCUT2D eigenvalue weighted by atomic mass is 9.79. The molecule has 1 atom stereocenters. The van der Waals surface area contributed by atoms with E-state index in [9.17, 15) is 5.11 Å². The lowest BCUT2D eigenvalue weighted by molar-refractivity contribution is -0.0326. The Kier molecular flexibility index (Phi) is 4.99. The highest BCUT2D eigenvalue weighted by Crippen LogP contribution is 2.31. The minimum absolute atomic E-state index is 0.196. The molecule has 0 bridgehead atoms. The highest BCUT2D eigenvalue weighted by atomic mass is 16.5. The Balaban J connectivity index is 2.40. The first kappa shape index (κ1) is 14.9. The summed E-state index contributed by atoms with van der Waals surface area (Å²) in [4.78, 5) is 0. The van der Waals surface area contributed by atoms with Crippen LogP contribution in [0.3, 0.4) is 0 Å². The Labute approximate surface area is 106 Å². The average molecular weight is 243 g/mol. The van der Waals surface area contributed by atoms with Gasteiger partial charge in [0.25, 0.3) is 0 Å². The summed E-state index contributed by atoms with van der Waals surface area (Å²) in [5.74, 6) is 0.767. The normalized spacial score (nSPS) is 32.5. The van der Waals surface area contributed by atoms with E-state index in [2.05, 4.69) is 33.0 Å². The summed E-state index contributed by atoms with van der Waals surface area (Å²) in [6.45, 7) is 9.19. The Morgan fingerprint density at radius 1 is 1.41 bits per heavy atom. The van der Waals surface area contributed by atoms with Crippen LogP contribution in [0.5, 0.6) is 0 Å². The number of aliphatic hydroxyl groups is 1. The van der Waals surface area contributed by atoms with Crippen LogP contribution in [0, 0.1) is 5.92 Å². The fraction of sp³-hybridized carbons (Fsp3) is 1.00. The van der Waals surface area contributed by atoms with Crippen molar-refractivity contribution in [3.05, 3.63) is 0 Å². The summed E-state index contributed by atoms with van der Waals surface area (Å²) in [5.41, 5.74) is -0.705. The van der Waals surface area contributed by atoms with Gasteiger partial charge < -0.3 is 15.2 Å². The monoisotopic (exact) mass is 243 g/mol. The smallest absolute Gasteiger partial charge is 0.0772 e. The van der Waals surface area contributed by atoms with Crippen LogP contribution in [-0.2, 0) is 4.74 Å². The third-order valence-corrected chi connectivity index (χ3v) is 4.51. The van der Waals surface area contributed by atoms with E-state index in [1.807, 2.05) is 0 Å². The van der Waals surface area contributed by atoms with Crippen LogP contribution in [0.4, 0.5) is 0 Å². The third-order valence-electron chi connectivity index (χ3n) is 4.51. The van der Waals surface area contributed by atoms with Gasteiger partial charge in [-0.2, -0.15) is 0 Å². The number of hydrogen-bond acceptors (Lipinski definition) is 3. The molecule has 0 heterocycles. The molecule has 1 aliphatic carbocycles. The molecule has 1 rings (SSSR count). The second kappa shape index (κ2) is 5.68. The molecule has 1 aliphatic rings. The summed E-state index contributed by atoms with van der Waals surface area (Å²) >= 11 is 0. The van der Waals surface area contributed by atoms with Crippen LogP contribution in [-0.4, -0.2) is 36.0 Å². The molecule has 0 spiro atoms. The standard InChI is InChI=1S/C14H29NO2/c1-11-6-8-14(16,9-7-11)10-15-12(2)13(3,4)17-5/h11-12,15-16H,6-10H2,1-5H3. The molecule has 0 aliphatic heterocycles. The molecule has 1 saturated carbocycles. The SMILES string of the molecule is COC(C)(C)C(C)NCC1(O)CCC(C)CC1. The van der Waals surface area contributed by atoms with Crippen molar-refractivity contribution in [3.63, 3.8) is 0 Å². The fourth-order valence-corrected chi connectivity index (χ4v) is 2.24. The van der Waals surface area contributed by atoms with Gasteiger partial charge in [0.2, 0.25) is 0 Å². The van der Waals surface area contributed by atoms with Gasteiger partial charge >= 0.3 is 0 Å². The molecule has 0 amide bonds. The van der Waals surface area contributed by atoms with Crippen LogP contribution in [0.2, 0.25) is 0 Å². The van der Waals surface area contributed by atoms with Crippen molar-refractivity contribution in [1.29, 1.82) is 0 Å². The molecule has 17 heavy (non-hydrogen) atoms. The van der Waals surface area contributed by atoms with E-state index in [-0.39, 0.29) is 11.6 Å². The maximum Gasteiger partial charge on any atom is 0.0772 e. The first-order chi connectivity index (χ1) is 7.79. The Morgan fingerprint density at radius 2 is 1.94 bits per heavy atom. The quantitative estimate of drug-likeness (QED) is 0.778. The molecular formula is C14H29NO2. The van der Waals surface area contributed by atoms with E-state index in [0.717, 1.165) is 31.6 Å². The number of ether oxygens (including phenoxy) is 1. The van der Waals surface area contributed by atoms with Gasteiger partial charge in [0.1, 0.15) is 0 Å². The van der Waals surface area contributed by atoms with Gasteiger partial charge in [0, 0.05) is 19.7 Å². The minimum atomic E-state index is -0.509. The van der Waals surface area contributed by atoms with Crippen LogP contribution in [0.15, 0.2) is 0 Å². The molecule has 0 aromatic carbocycles. The zero-order valence-electron chi connectivity index (χ0n) is 12.0. The molecule has 0 aromatic rings. The Morgan fingerprint density at radius 3 is 2.41 bits per heavy atom. The van der Waals surface area contributed by atoms with E-state index in [0.29, 0.717) is 6.54 Å². The number of nitrogens with one attached hydrogen (secondary N) is 1. The zero-order valence-corrected chi connectivity index (χ0v) is 12.0. The van der Waals surface area contributed by atoms with Gasteiger partial charge in [-0.25, -0.2) is 0 Å². The first-order valence-corrected chi connectivity index (χ1v) is 6.80. The summed E-state index contributed by atoms with van der Waals surface area (Å²) in [7, 11) is 1.73. The first-order valence-electron chi connectivity index (χ1n) is 6.80. The van der Waals surface area contributed by atoms with E-state index < -0.39 is 5.60 Å². The molecule has 102 valence electrons. The van der Waals surface area contributed by atoms with Crippen molar-refractivity contribution in [2.24, 2.45) is 5.92 Å². The molecule has 1 unspecified atom stereocenters. The van der Waals surface area contributed by atoms with E-state index in [1.165, 1.54) is 0 Å². The van der Waals surface area contributed by atoms with Gasteiger partial charge in [-0.1, -0.05) is 6.92 Å². The zero-order chi connectivity index (χ0) is 13.1. The largest absolute Gasteiger partial charge is 0.389 e. The van der Waals surface area contributed by atoms with Crippen molar-refractivity contribution in [3.8, 4) is 0 Å². The van der Waals surface area contributed by atoms with Gasteiger partial charge in [0.05, 0.1) is 11.2 Å². The van der Waals surface area contributed by atoms with Crippen LogP contribution >= 0.6 is 0 Å². The van der Waals surface area contributed by atoms with Crippen molar-refractivity contribution in [2.75, 3.05) is 13.7 Å². The maximum atomic E-state index is 10.5. The highest BCUT2D eigenvalue weighted by molar-refractivity contribution is 4.90. The molecule has 2 N–H and O–H groups in total. The van der Waals surface area contributed by atoms with Crippen molar-refractivity contribution < 1.29 is 9.84 Å². The molecule has 1 fully saturated rings. The second-order valence-corrected chi connectivity index (χ2v) is 6.32. The third kappa shape index (κ3) is 4.23. The van der Waals surface area contributed by atoms with Crippen molar-refractivity contribution >= 4 is 0 Å². The average Bonchev–Trinajstić information content (AvgIpc) is 2.30. The molecule has 0 radical (unpaired) electrons. The second-order valence-electron chi connectivity index (χ2n) is 6.32. The maximum absolute atomic E-state index is 10.5. The van der Waals surface area contributed by atoms with Gasteiger partial charge in [-0.3, -0.25) is 0 Å². The van der Waals surface area contributed by atoms with Crippen molar-refractivity contribution in [1.82, 2.24) is 5.32 Å². The number of rotatable bonds is 5. The molecule has 3 nitrogen and oxygen atoms in total. The van der Waals surface area contributed by atoms with E-state index in [1.54, 1.807) is 7.11 Å². The fourth-order valence-electron chi connectivity index (χ4n) is 2.24. The summed E-state index contributed by atoms with van der Waals surface area (Å²) < 4.78 is 5.45. The van der Waals surface area contributed by atoms with Gasteiger partial charge in [-0.15, -0.1) is 0 Å². The predicted octanol–water partition coefficient (Wildman–Crippen LogP) is 2.33. The van der Waals surface area contributed by atoms with Gasteiger partial charge in [0.15, 0.2) is 0 Å². The lowest BCUT2D eigenvalue weighted by Crippen LogP contribution is -2.52.